The van der Waals surface area contributed by atoms with E-state index in [0.717, 1.165) is 22.3 Å². The molecule has 4 aromatic rings. The first-order valence-electron chi connectivity index (χ1n) is 9.52. The fraction of sp³-hybridized carbons (Fsp3) is 0.273. The minimum atomic E-state index is -0.227. The molecule has 148 valence electrons. The summed E-state index contributed by atoms with van der Waals surface area (Å²) in [5.74, 6) is -0.227. The molecule has 0 aliphatic heterocycles. The van der Waals surface area contributed by atoms with Crippen molar-refractivity contribution in [1.82, 2.24) is 19.7 Å². The van der Waals surface area contributed by atoms with Crippen LogP contribution in [0.4, 0.5) is 5.13 Å². The van der Waals surface area contributed by atoms with Crippen molar-refractivity contribution in [3.63, 3.8) is 0 Å². The molecule has 0 aliphatic carbocycles. The van der Waals surface area contributed by atoms with Crippen molar-refractivity contribution < 1.29 is 4.79 Å². The Morgan fingerprint density at radius 2 is 1.83 bits per heavy atom. The van der Waals surface area contributed by atoms with E-state index in [1.54, 1.807) is 12.4 Å². The van der Waals surface area contributed by atoms with Gasteiger partial charge >= 0.3 is 0 Å². The number of nitrogens with one attached hydrogen (secondary N) is 1. The quantitative estimate of drug-likeness (QED) is 0.499. The average Bonchev–Trinajstić information content (AvgIpc) is 3.27. The SMILES string of the molecule is Cc1cc(C)c(-c2csc(NC(=O)c3cnc4c(cnn4C(C)C)c3)n2)c(C)c1. The van der Waals surface area contributed by atoms with Crippen molar-refractivity contribution in [2.75, 3.05) is 5.32 Å². The van der Waals surface area contributed by atoms with Crippen molar-refractivity contribution in [3.8, 4) is 11.3 Å². The van der Waals surface area contributed by atoms with E-state index >= 15 is 0 Å². The number of rotatable bonds is 4. The maximum Gasteiger partial charge on any atom is 0.259 e. The van der Waals surface area contributed by atoms with E-state index in [4.69, 9.17) is 0 Å². The molecule has 0 bridgehead atoms. The van der Waals surface area contributed by atoms with E-state index < -0.39 is 0 Å². The highest BCUT2D eigenvalue weighted by Crippen LogP contribution is 2.31. The summed E-state index contributed by atoms with van der Waals surface area (Å²) in [5.41, 5.74) is 6.86. The largest absolute Gasteiger partial charge is 0.298 e. The van der Waals surface area contributed by atoms with E-state index in [1.165, 1.54) is 28.0 Å². The van der Waals surface area contributed by atoms with Crippen LogP contribution >= 0.6 is 11.3 Å². The minimum absolute atomic E-state index is 0.210. The van der Waals surface area contributed by atoms with Gasteiger partial charge in [-0.3, -0.25) is 10.1 Å². The number of pyridine rings is 1. The highest BCUT2D eigenvalue weighted by Gasteiger charge is 2.15. The number of aryl methyl sites for hydroxylation is 3. The number of nitrogens with zero attached hydrogens (tertiary/aromatic N) is 4. The first-order chi connectivity index (χ1) is 13.8. The lowest BCUT2D eigenvalue weighted by molar-refractivity contribution is 0.102. The maximum absolute atomic E-state index is 12.7. The molecule has 0 fully saturated rings. The van der Waals surface area contributed by atoms with Crippen LogP contribution < -0.4 is 5.32 Å². The normalized spacial score (nSPS) is 11.4. The van der Waals surface area contributed by atoms with E-state index in [1.807, 2.05) is 30.0 Å². The molecule has 1 amide bonds. The monoisotopic (exact) mass is 405 g/mol. The first kappa shape index (κ1) is 19.3. The summed E-state index contributed by atoms with van der Waals surface area (Å²) >= 11 is 1.42. The van der Waals surface area contributed by atoms with E-state index in [9.17, 15) is 4.79 Å². The number of anilines is 1. The summed E-state index contributed by atoms with van der Waals surface area (Å²) < 4.78 is 1.84. The standard InChI is InChI=1S/C22H23N5OS/c1-12(2)27-20-16(10-24-27)8-17(9-23-20)21(28)26-22-25-18(11-29-22)19-14(4)6-13(3)7-15(19)5/h6-12H,1-5H3,(H,25,26,28). The van der Waals surface area contributed by atoms with Gasteiger partial charge in [-0.25, -0.2) is 14.6 Å². The van der Waals surface area contributed by atoms with Gasteiger partial charge in [-0.05, 0) is 51.8 Å². The van der Waals surface area contributed by atoms with Crippen LogP contribution in [0.5, 0.6) is 0 Å². The van der Waals surface area contributed by atoms with E-state index in [-0.39, 0.29) is 11.9 Å². The van der Waals surface area contributed by atoms with Crippen molar-refractivity contribution in [3.05, 3.63) is 58.2 Å². The van der Waals surface area contributed by atoms with Gasteiger partial charge in [0.1, 0.15) is 0 Å². The first-order valence-corrected chi connectivity index (χ1v) is 10.4. The summed E-state index contributed by atoms with van der Waals surface area (Å²) in [5, 5.41) is 10.6. The van der Waals surface area contributed by atoms with Gasteiger partial charge in [-0.15, -0.1) is 11.3 Å². The molecule has 0 radical (unpaired) electrons. The molecule has 7 heteroatoms. The van der Waals surface area contributed by atoms with Crippen LogP contribution in [0.15, 0.2) is 36.0 Å². The molecule has 0 spiro atoms. The molecule has 0 atom stereocenters. The van der Waals surface area contributed by atoms with Crippen LogP contribution in [0, 0.1) is 20.8 Å². The fourth-order valence-electron chi connectivity index (χ4n) is 3.64. The molecule has 0 saturated heterocycles. The lowest BCUT2D eigenvalue weighted by Gasteiger charge is -2.08. The summed E-state index contributed by atoms with van der Waals surface area (Å²) in [7, 11) is 0. The Bertz CT molecular complexity index is 1200. The van der Waals surface area contributed by atoms with Crippen LogP contribution in [0.3, 0.4) is 0 Å². The third-order valence-electron chi connectivity index (χ3n) is 4.84. The molecular weight excluding hydrogens is 382 g/mol. The molecule has 0 saturated carbocycles. The van der Waals surface area contributed by atoms with Gasteiger partial charge in [0, 0.05) is 28.6 Å². The molecule has 0 unspecified atom stereocenters. The lowest BCUT2D eigenvalue weighted by atomic mass is 9.98. The van der Waals surface area contributed by atoms with Crippen molar-refractivity contribution in [1.29, 1.82) is 0 Å². The summed E-state index contributed by atoms with van der Waals surface area (Å²) in [4.78, 5) is 21.8. The number of carbonyl (C=O) groups excluding carboxylic acids is 1. The summed E-state index contributed by atoms with van der Waals surface area (Å²) in [6.45, 7) is 10.4. The second-order valence-electron chi connectivity index (χ2n) is 7.59. The van der Waals surface area contributed by atoms with Gasteiger partial charge in [-0.1, -0.05) is 17.7 Å². The zero-order valence-electron chi connectivity index (χ0n) is 17.1. The number of aromatic nitrogens is 4. The molecule has 6 nitrogen and oxygen atoms in total. The zero-order valence-corrected chi connectivity index (χ0v) is 18.0. The maximum atomic E-state index is 12.7. The number of thiazole rings is 1. The highest BCUT2D eigenvalue weighted by molar-refractivity contribution is 7.14. The van der Waals surface area contributed by atoms with Gasteiger partial charge in [0.15, 0.2) is 10.8 Å². The Balaban J connectivity index is 1.58. The van der Waals surface area contributed by atoms with E-state index in [2.05, 4.69) is 53.3 Å². The smallest absolute Gasteiger partial charge is 0.259 e. The molecule has 4 rings (SSSR count). The molecular formula is C22H23N5OS. The van der Waals surface area contributed by atoms with Gasteiger partial charge < -0.3 is 0 Å². The number of fused-ring (bicyclic) bond motifs is 1. The Hall–Kier alpha value is -3.06. The van der Waals surface area contributed by atoms with Crippen molar-refractivity contribution >= 4 is 33.4 Å². The van der Waals surface area contributed by atoms with Crippen molar-refractivity contribution in [2.24, 2.45) is 0 Å². The van der Waals surface area contributed by atoms with Crippen LogP contribution in [0.1, 0.15) is 46.9 Å². The molecule has 1 aromatic carbocycles. The van der Waals surface area contributed by atoms with Gasteiger partial charge in [0.05, 0.1) is 17.5 Å². The molecule has 3 heterocycles. The third kappa shape index (κ3) is 3.65. The van der Waals surface area contributed by atoms with Crippen LogP contribution in [0.25, 0.3) is 22.3 Å². The predicted octanol–water partition coefficient (Wildman–Crippen LogP) is 5.31. The highest BCUT2D eigenvalue weighted by atomic mass is 32.1. The topological polar surface area (TPSA) is 72.7 Å². The summed E-state index contributed by atoms with van der Waals surface area (Å²) in [6.07, 6.45) is 3.32. The molecule has 3 aromatic heterocycles. The number of benzene rings is 1. The number of carbonyl (C=O) groups is 1. The number of amides is 1. The Labute approximate surface area is 173 Å². The van der Waals surface area contributed by atoms with Crippen LogP contribution in [-0.4, -0.2) is 25.7 Å². The third-order valence-corrected chi connectivity index (χ3v) is 5.60. The second kappa shape index (κ2) is 7.40. The van der Waals surface area contributed by atoms with Crippen LogP contribution in [-0.2, 0) is 0 Å². The summed E-state index contributed by atoms with van der Waals surface area (Å²) in [6, 6.07) is 6.32. The average molecular weight is 406 g/mol. The Morgan fingerprint density at radius 1 is 1.10 bits per heavy atom. The predicted molar refractivity (Wildman–Crippen MR) is 118 cm³/mol. The minimum Gasteiger partial charge on any atom is -0.298 e. The van der Waals surface area contributed by atoms with Gasteiger partial charge in [0.25, 0.3) is 5.91 Å². The molecule has 1 N–H and O–H groups in total. The molecule has 29 heavy (non-hydrogen) atoms. The number of hydrogen-bond acceptors (Lipinski definition) is 5. The van der Waals surface area contributed by atoms with E-state index in [0.29, 0.717) is 10.7 Å². The fourth-order valence-corrected chi connectivity index (χ4v) is 4.34. The van der Waals surface area contributed by atoms with Gasteiger partial charge in [-0.2, -0.15) is 5.10 Å². The van der Waals surface area contributed by atoms with Crippen molar-refractivity contribution in [2.45, 2.75) is 40.7 Å². The molecule has 0 aliphatic rings. The number of hydrogen-bond donors (Lipinski definition) is 1. The van der Waals surface area contributed by atoms with Crippen LogP contribution in [0.2, 0.25) is 0 Å². The zero-order chi connectivity index (χ0) is 20.7. The van der Waals surface area contributed by atoms with Gasteiger partial charge in [0.2, 0.25) is 0 Å². The Kier molecular flexibility index (Phi) is 4.92. The lowest BCUT2D eigenvalue weighted by Crippen LogP contribution is -2.12. The Morgan fingerprint density at radius 3 is 2.52 bits per heavy atom. The second-order valence-corrected chi connectivity index (χ2v) is 8.44.